The van der Waals surface area contributed by atoms with E-state index < -0.39 is 0 Å². The summed E-state index contributed by atoms with van der Waals surface area (Å²) in [5.74, 6) is 1.23. The second-order valence-corrected chi connectivity index (χ2v) is 5.95. The van der Waals surface area contributed by atoms with E-state index in [1.54, 1.807) is 4.52 Å². The number of benzene rings is 1. The van der Waals surface area contributed by atoms with Gasteiger partial charge < -0.3 is 9.64 Å². The number of aromatic nitrogens is 4. The zero-order valence-corrected chi connectivity index (χ0v) is 14.0. The number of nitrogens with zero attached hydrogens (tertiary/aromatic N) is 5. The molecule has 7 nitrogen and oxygen atoms in total. The maximum atomic E-state index is 12.2. The Hall–Kier alpha value is -2.96. The van der Waals surface area contributed by atoms with Gasteiger partial charge in [-0.05, 0) is 31.9 Å². The summed E-state index contributed by atoms with van der Waals surface area (Å²) in [5, 5.41) is 13.1. The summed E-state index contributed by atoms with van der Waals surface area (Å²) >= 11 is 0. The minimum atomic E-state index is -0.276. The minimum absolute atomic E-state index is 0.186. The molecule has 0 amide bonds. The lowest BCUT2D eigenvalue weighted by Crippen LogP contribution is -2.38. The SMILES string of the molecule is CCOC(=O)[C@H]1CCCN1c1ccc2nnc(-c3ccccc3)n2n1. The van der Waals surface area contributed by atoms with E-state index in [-0.39, 0.29) is 12.0 Å². The standard InChI is InChI=1S/C18H19N5O2/c1-2-25-18(24)14-9-6-12-22(14)16-11-10-15-19-20-17(23(15)21-16)13-7-4-3-5-8-13/h3-5,7-8,10-11,14H,2,6,9,12H2,1H3/t14-/m1/s1. The lowest BCUT2D eigenvalue weighted by molar-refractivity contribution is -0.144. The molecule has 1 fully saturated rings. The van der Waals surface area contributed by atoms with E-state index >= 15 is 0 Å². The second-order valence-electron chi connectivity index (χ2n) is 5.95. The van der Waals surface area contributed by atoms with E-state index in [1.165, 1.54) is 0 Å². The van der Waals surface area contributed by atoms with Crippen molar-refractivity contribution >= 4 is 17.4 Å². The van der Waals surface area contributed by atoms with Gasteiger partial charge >= 0.3 is 5.97 Å². The van der Waals surface area contributed by atoms with Gasteiger partial charge in [-0.2, -0.15) is 4.52 Å². The Bertz CT molecular complexity index is 893. The molecule has 0 spiro atoms. The highest BCUT2D eigenvalue weighted by molar-refractivity contribution is 5.80. The zero-order valence-electron chi connectivity index (χ0n) is 14.0. The van der Waals surface area contributed by atoms with E-state index in [1.807, 2.05) is 54.3 Å². The number of carbonyl (C=O) groups is 1. The van der Waals surface area contributed by atoms with Gasteiger partial charge in [0, 0.05) is 12.1 Å². The van der Waals surface area contributed by atoms with Crippen LogP contribution in [0.3, 0.4) is 0 Å². The van der Waals surface area contributed by atoms with Gasteiger partial charge in [0.15, 0.2) is 11.5 Å². The van der Waals surface area contributed by atoms with Crippen LogP contribution in [0.4, 0.5) is 5.82 Å². The molecular weight excluding hydrogens is 318 g/mol. The van der Waals surface area contributed by atoms with E-state index in [2.05, 4.69) is 10.2 Å². The molecule has 3 heterocycles. The van der Waals surface area contributed by atoms with Crippen LogP contribution in [0.25, 0.3) is 17.0 Å². The highest BCUT2D eigenvalue weighted by Gasteiger charge is 2.33. The molecule has 0 saturated carbocycles. The second kappa shape index (κ2) is 6.51. The number of fused-ring (bicyclic) bond motifs is 1. The molecule has 4 rings (SSSR count). The predicted octanol–water partition coefficient (Wildman–Crippen LogP) is 2.32. The summed E-state index contributed by atoms with van der Waals surface area (Å²) in [6.45, 7) is 2.99. The molecule has 0 unspecified atom stereocenters. The Morgan fingerprint density at radius 1 is 1.20 bits per heavy atom. The molecule has 1 aromatic carbocycles. The number of rotatable bonds is 4. The Kier molecular flexibility index (Phi) is 4.05. The van der Waals surface area contributed by atoms with Crippen molar-refractivity contribution in [2.45, 2.75) is 25.8 Å². The number of ether oxygens (including phenoxy) is 1. The van der Waals surface area contributed by atoms with Crippen LogP contribution in [0, 0.1) is 0 Å². The third-order valence-electron chi connectivity index (χ3n) is 4.39. The van der Waals surface area contributed by atoms with Crippen molar-refractivity contribution in [2.24, 2.45) is 0 Å². The van der Waals surface area contributed by atoms with Crippen molar-refractivity contribution in [3.05, 3.63) is 42.5 Å². The van der Waals surface area contributed by atoms with Gasteiger partial charge in [-0.3, -0.25) is 0 Å². The van der Waals surface area contributed by atoms with Crippen LogP contribution in [0.15, 0.2) is 42.5 Å². The summed E-state index contributed by atoms with van der Waals surface area (Å²) in [6, 6.07) is 13.3. The Morgan fingerprint density at radius 2 is 2.04 bits per heavy atom. The molecule has 3 aromatic rings. The highest BCUT2D eigenvalue weighted by Crippen LogP contribution is 2.26. The molecule has 2 aromatic heterocycles. The first-order valence-electron chi connectivity index (χ1n) is 8.49. The van der Waals surface area contributed by atoms with E-state index in [0.717, 1.165) is 30.8 Å². The normalized spacial score (nSPS) is 17.2. The molecule has 25 heavy (non-hydrogen) atoms. The molecule has 128 valence electrons. The van der Waals surface area contributed by atoms with Crippen molar-refractivity contribution in [2.75, 3.05) is 18.1 Å². The fraction of sp³-hybridized carbons (Fsp3) is 0.333. The lowest BCUT2D eigenvalue weighted by atomic mass is 10.2. The Morgan fingerprint density at radius 3 is 2.84 bits per heavy atom. The first-order chi connectivity index (χ1) is 12.3. The average Bonchev–Trinajstić information content (AvgIpc) is 3.29. The molecule has 1 saturated heterocycles. The van der Waals surface area contributed by atoms with Gasteiger partial charge in [0.1, 0.15) is 11.9 Å². The van der Waals surface area contributed by atoms with Gasteiger partial charge in [0.2, 0.25) is 0 Å². The van der Waals surface area contributed by atoms with E-state index in [9.17, 15) is 4.79 Å². The van der Waals surface area contributed by atoms with E-state index in [0.29, 0.717) is 18.1 Å². The minimum Gasteiger partial charge on any atom is -0.464 e. The molecular formula is C18H19N5O2. The summed E-state index contributed by atoms with van der Waals surface area (Å²) < 4.78 is 6.93. The summed E-state index contributed by atoms with van der Waals surface area (Å²) in [7, 11) is 0. The Balaban J connectivity index is 1.72. The fourth-order valence-corrected chi connectivity index (χ4v) is 3.22. The van der Waals surface area contributed by atoms with Crippen LogP contribution in [0.5, 0.6) is 0 Å². The molecule has 1 aliphatic rings. The van der Waals surface area contributed by atoms with E-state index in [4.69, 9.17) is 9.84 Å². The van der Waals surface area contributed by atoms with Gasteiger partial charge in [0.25, 0.3) is 0 Å². The van der Waals surface area contributed by atoms with Crippen LogP contribution in [0.2, 0.25) is 0 Å². The van der Waals surface area contributed by atoms with Crippen molar-refractivity contribution in [3.8, 4) is 11.4 Å². The van der Waals surface area contributed by atoms with Crippen LogP contribution in [-0.4, -0.2) is 45.0 Å². The van der Waals surface area contributed by atoms with Crippen molar-refractivity contribution in [1.82, 2.24) is 19.8 Å². The lowest BCUT2D eigenvalue weighted by Gasteiger charge is -2.23. The Labute approximate surface area is 145 Å². The molecule has 1 aliphatic heterocycles. The number of esters is 1. The predicted molar refractivity (Wildman–Crippen MR) is 93.2 cm³/mol. The quantitative estimate of drug-likeness (QED) is 0.680. The summed E-state index contributed by atoms with van der Waals surface area (Å²) in [5.41, 5.74) is 1.62. The maximum Gasteiger partial charge on any atom is 0.328 e. The molecule has 7 heteroatoms. The third kappa shape index (κ3) is 2.82. The van der Waals surface area contributed by atoms with Crippen LogP contribution < -0.4 is 4.90 Å². The van der Waals surface area contributed by atoms with Gasteiger partial charge in [-0.1, -0.05) is 30.3 Å². The number of anilines is 1. The smallest absolute Gasteiger partial charge is 0.328 e. The van der Waals surface area contributed by atoms with Gasteiger partial charge in [-0.25, -0.2) is 4.79 Å². The fourth-order valence-electron chi connectivity index (χ4n) is 3.22. The number of hydrogen-bond donors (Lipinski definition) is 0. The summed E-state index contributed by atoms with van der Waals surface area (Å²) in [4.78, 5) is 14.2. The average molecular weight is 337 g/mol. The van der Waals surface area contributed by atoms with Gasteiger partial charge in [-0.15, -0.1) is 15.3 Å². The number of carbonyl (C=O) groups excluding carboxylic acids is 1. The zero-order chi connectivity index (χ0) is 17.2. The third-order valence-corrected chi connectivity index (χ3v) is 4.39. The van der Waals surface area contributed by atoms with Crippen molar-refractivity contribution in [3.63, 3.8) is 0 Å². The van der Waals surface area contributed by atoms with Crippen LogP contribution in [-0.2, 0) is 9.53 Å². The largest absolute Gasteiger partial charge is 0.464 e. The van der Waals surface area contributed by atoms with Crippen molar-refractivity contribution < 1.29 is 9.53 Å². The summed E-state index contributed by atoms with van der Waals surface area (Å²) in [6.07, 6.45) is 1.73. The van der Waals surface area contributed by atoms with Crippen LogP contribution in [0.1, 0.15) is 19.8 Å². The molecule has 0 N–H and O–H groups in total. The number of hydrogen-bond acceptors (Lipinski definition) is 6. The molecule has 0 aliphatic carbocycles. The van der Waals surface area contributed by atoms with Crippen molar-refractivity contribution in [1.29, 1.82) is 0 Å². The topological polar surface area (TPSA) is 72.6 Å². The maximum absolute atomic E-state index is 12.2. The first kappa shape index (κ1) is 15.6. The highest BCUT2D eigenvalue weighted by atomic mass is 16.5. The van der Waals surface area contributed by atoms with Crippen LogP contribution >= 0.6 is 0 Å². The first-order valence-corrected chi connectivity index (χ1v) is 8.49. The molecule has 1 atom stereocenters. The van der Waals surface area contributed by atoms with Gasteiger partial charge in [0.05, 0.1) is 6.61 Å². The monoisotopic (exact) mass is 337 g/mol. The molecule has 0 radical (unpaired) electrons. The molecule has 0 bridgehead atoms.